The van der Waals surface area contributed by atoms with Crippen molar-refractivity contribution in [2.45, 2.75) is 25.0 Å². The van der Waals surface area contributed by atoms with Gasteiger partial charge in [0.1, 0.15) is 0 Å². The van der Waals surface area contributed by atoms with Crippen molar-refractivity contribution in [1.29, 1.82) is 5.26 Å². The molecule has 46 valence electrons. The third-order valence-corrected chi connectivity index (χ3v) is 1.89. The molecular weight excluding hydrogens is 118 g/mol. The average Bonchev–Trinajstić information content (AvgIpc) is 1.83. The van der Waals surface area contributed by atoms with Crippen LogP contribution in [0.2, 0.25) is 0 Å². The topological polar surface area (TPSA) is 23.8 Å². The molecular formula is C6H11NS. The van der Waals surface area contributed by atoms with E-state index in [1.54, 1.807) is 11.8 Å². The summed E-state index contributed by atoms with van der Waals surface area (Å²) >= 11 is 1.63. The number of rotatable bonds is 3. The predicted octanol–water partition coefficient (Wildman–Crippen LogP) is 2.04. The Balaban J connectivity index is 3.26. The van der Waals surface area contributed by atoms with Gasteiger partial charge in [-0.15, -0.1) is 11.8 Å². The summed E-state index contributed by atoms with van der Waals surface area (Å²) in [5.41, 5.74) is 0. The van der Waals surface area contributed by atoms with Crippen molar-refractivity contribution in [2.24, 2.45) is 0 Å². The Morgan fingerprint density at radius 1 is 1.75 bits per heavy atom. The summed E-state index contributed by atoms with van der Waals surface area (Å²) in [6.07, 6.45) is 4.11. The summed E-state index contributed by atoms with van der Waals surface area (Å²) in [6.45, 7) is 2.10. The molecule has 0 spiro atoms. The zero-order valence-electron chi connectivity index (χ0n) is 5.35. The fraction of sp³-hybridized carbons (Fsp3) is 0.833. The maximum atomic E-state index is 8.39. The van der Waals surface area contributed by atoms with Crippen molar-refractivity contribution in [1.82, 2.24) is 0 Å². The van der Waals surface area contributed by atoms with E-state index in [1.807, 2.05) is 6.26 Å². The smallest absolute Gasteiger partial charge is 0.0913 e. The molecule has 0 rings (SSSR count). The molecule has 0 N–H and O–H groups in total. The van der Waals surface area contributed by atoms with E-state index in [-0.39, 0.29) is 5.25 Å². The number of hydrogen-bond donors (Lipinski definition) is 0. The highest BCUT2D eigenvalue weighted by Gasteiger charge is 2.00. The lowest BCUT2D eigenvalue weighted by Crippen LogP contribution is -1.94. The summed E-state index contributed by atoms with van der Waals surface area (Å²) < 4.78 is 0. The first-order chi connectivity index (χ1) is 3.85. The maximum Gasteiger partial charge on any atom is 0.0913 e. The lowest BCUT2D eigenvalue weighted by molar-refractivity contribution is 0.835. The number of nitriles is 1. The van der Waals surface area contributed by atoms with Crippen LogP contribution in [0.15, 0.2) is 0 Å². The average molecular weight is 129 g/mol. The van der Waals surface area contributed by atoms with Crippen LogP contribution in [-0.4, -0.2) is 11.5 Å². The van der Waals surface area contributed by atoms with E-state index in [4.69, 9.17) is 5.26 Å². The van der Waals surface area contributed by atoms with Gasteiger partial charge in [0.2, 0.25) is 0 Å². The summed E-state index contributed by atoms with van der Waals surface area (Å²) in [4.78, 5) is 0. The van der Waals surface area contributed by atoms with Gasteiger partial charge in [0.15, 0.2) is 0 Å². The van der Waals surface area contributed by atoms with Gasteiger partial charge >= 0.3 is 0 Å². The minimum absolute atomic E-state index is 0.222. The zero-order chi connectivity index (χ0) is 6.41. The zero-order valence-corrected chi connectivity index (χ0v) is 6.16. The molecule has 0 aromatic rings. The first kappa shape index (κ1) is 7.84. The van der Waals surface area contributed by atoms with Crippen molar-refractivity contribution in [3.63, 3.8) is 0 Å². The molecule has 0 aromatic heterocycles. The van der Waals surface area contributed by atoms with Crippen LogP contribution in [0.5, 0.6) is 0 Å². The van der Waals surface area contributed by atoms with Crippen molar-refractivity contribution in [3.8, 4) is 6.07 Å². The molecule has 1 unspecified atom stereocenters. The Labute approximate surface area is 55.1 Å². The molecule has 1 nitrogen and oxygen atoms in total. The lowest BCUT2D eigenvalue weighted by atomic mass is 10.3. The van der Waals surface area contributed by atoms with Gasteiger partial charge in [0.05, 0.1) is 11.3 Å². The van der Waals surface area contributed by atoms with Crippen LogP contribution in [-0.2, 0) is 0 Å². The van der Waals surface area contributed by atoms with Crippen LogP contribution in [0.25, 0.3) is 0 Å². The number of nitrogens with zero attached hydrogens (tertiary/aromatic N) is 1. The van der Waals surface area contributed by atoms with Gasteiger partial charge < -0.3 is 0 Å². The van der Waals surface area contributed by atoms with Crippen LogP contribution >= 0.6 is 11.8 Å². The van der Waals surface area contributed by atoms with Gasteiger partial charge in [-0.1, -0.05) is 13.3 Å². The Morgan fingerprint density at radius 3 is 2.50 bits per heavy atom. The molecule has 0 bridgehead atoms. The Bertz CT molecular complexity index is 85.0. The molecule has 0 saturated carbocycles. The molecule has 0 aliphatic heterocycles. The maximum absolute atomic E-state index is 8.39. The highest BCUT2D eigenvalue weighted by molar-refractivity contribution is 7.99. The lowest BCUT2D eigenvalue weighted by Gasteiger charge is -1.99. The molecule has 0 aliphatic rings. The van der Waals surface area contributed by atoms with E-state index in [9.17, 15) is 0 Å². The number of thioether (sulfide) groups is 1. The molecule has 0 aromatic carbocycles. The second-order valence-electron chi connectivity index (χ2n) is 1.64. The van der Waals surface area contributed by atoms with Crippen molar-refractivity contribution in [2.75, 3.05) is 6.26 Å². The Kier molecular flexibility index (Phi) is 4.89. The first-order valence-corrected chi connectivity index (χ1v) is 4.06. The molecule has 0 saturated heterocycles. The quantitative estimate of drug-likeness (QED) is 0.582. The monoisotopic (exact) mass is 129 g/mol. The van der Waals surface area contributed by atoms with Gasteiger partial charge in [0, 0.05) is 0 Å². The minimum atomic E-state index is 0.222. The van der Waals surface area contributed by atoms with Crippen LogP contribution in [0.3, 0.4) is 0 Å². The molecule has 0 amide bonds. The standard InChI is InChI=1S/C6H11NS/c1-3-4-6(5-7)8-2/h6H,3-4H2,1-2H3. The molecule has 0 fully saturated rings. The van der Waals surface area contributed by atoms with Crippen molar-refractivity contribution < 1.29 is 0 Å². The number of hydrogen-bond acceptors (Lipinski definition) is 2. The van der Waals surface area contributed by atoms with Crippen molar-refractivity contribution in [3.05, 3.63) is 0 Å². The van der Waals surface area contributed by atoms with Crippen LogP contribution < -0.4 is 0 Å². The highest BCUT2D eigenvalue weighted by atomic mass is 32.2. The van der Waals surface area contributed by atoms with Gasteiger partial charge in [0.25, 0.3) is 0 Å². The Morgan fingerprint density at radius 2 is 2.38 bits per heavy atom. The molecule has 2 heteroatoms. The predicted molar refractivity (Wildman–Crippen MR) is 37.8 cm³/mol. The van der Waals surface area contributed by atoms with Crippen LogP contribution in [0.1, 0.15) is 19.8 Å². The van der Waals surface area contributed by atoms with Crippen molar-refractivity contribution >= 4 is 11.8 Å². The molecule has 0 radical (unpaired) electrons. The highest BCUT2D eigenvalue weighted by Crippen LogP contribution is 2.10. The van der Waals surface area contributed by atoms with E-state index in [0.29, 0.717) is 0 Å². The second-order valence-corrected chi connectivity index (χ2v) is 2.68. The van der Waals surface area contributed by atoms with E-state index < -0.39 is 0 Å². The van der Waals surface area contributed by atoms with Gasteiger partial charge in [-0.3, -0.25) is 0 Å². The minimum Gasteiger partial charge on any atom is -0.197 e. The third kappa shape index (κ3) is 2.92. The molecule has 0 aliphatic carbocycles. The third-order valence-electron chi connectivity index (χ3n) is 0.979. The normalized spacial score (nSPS) is 12.6. The van der Waals surface area contributed by atoms with Gasteiger partial charge in [-0.25, -0.2) is 0 Å². The summed E-state index contributed by atoms with van der Waals surface area (Å²) in [5.74, 6) is 0. The van der Waals surface area contributed by atoms with Crippen LogP contribution in [0.4, 0.5) is 0 Å². The second kappa shape index (κ2) is 4.99. The van der Waals surface area contributed by atoms with E-state index >= 15 is 0 Å². The largest absolute Gasteiger partial charge is 0.197 e. The summed E-state index contributed by atoms with van der Waals surface area (Å²) in [7, 11) is 0. The first-order valence-electron chi connectivity index (χ1n) is 2.77. The fourth-order valence-corrected chi connectivity index (χ4v) is 1.07. The summed E-state index contributed by atoms with van der Waals surface area (Å²) in [6, 6.07) is 2.22. The fourth-order valence-electron chi connectivity index (χ4n) is 0.497. The van der Waals surface area contributed by atoms with E-state index in [1.165, 1.54) is 0 Å². The molecule has 8 heavy (non-hydrogen) atoms. The summed E-state index contributed by atoms with van der Waals surface area (Å²) in [5, 5.41) is 8.61. The van der Waals surface area contributed by atoms with E-state index in [2.05, 4.69) is 13.0 Å². The molecule has 0 heterocycles. The SMILES string of the molecule is CCCC(C#N)SC. The van der Waals surface area contributed by atoms with E-state index in [0.717, 1.165) is 12.8 Å². The van der Waals surface area contributed by atoms with Gasteiger partial charge in [-0.2, -0.15) is 5.26 Å². The van der Waals surface area contributed by atoms with Gasteiger partial charge in [-0.05, 0) is 12.7 Å². The Hall–Kier alpha value is -0.160. The molecule has 1 atom stereocenters. The van der Waals surface area contributed by atoms with Crippen LogP contribution in [0, 0.1) is 11.3 Å².